The van der Waals surface area contributed by atoms with E-state index < -0.39 is 18.7 Å². The quantitative estimate of drug-likeness (QED) is 0.378. The summed E-state index contributed by atoms with van der Waals surface area (Å²) >= 11 is 0. The lowest BCUT2D eigenvalue weighted by Gasteiger charge is -2.18. The van der Waals surface area contributed by atoms with Crippen LogP contribution in [0.3, 0.4) is 0 Å². The molecule has 37 heavy (non-hydrogen) atoms. The van der Waals surface area contributed by atoms with E-state index in [2.05, 4.69) is 5.32 Å². The van der Waals surface area contributed by atoms with Crippen molar-refractivity contribution in [1.29, 1.82) is 0 Å². The van der Waals surface area contributed by atoms with Crippen molar-refractivity contribution in [2.24, 2.45) is 5.92 Å². The minimum absolute atomic E-state index is 0.105. The van der Waals surface area contributed by atoms with E-state index in [0.717, 1.165) is 23.5 Å². The molecule has 5 rings (SSSR count). The highest BCUT2D eigenvalue weighted by atomic mass is 19.4. The van der Waals surface area contributed by atoms with Gasteiger partial charge in [-0.3, -0.25) is 4.79 Å². The number of amides is 1. The van der Waals surface area contributed by atoms with Crippen LogP contribution in [0.15, 0.2) is 48.5 Å². The second-order valence-corrected chi connectivity index (χ2v) is 10.5. The maximum atomic E-state index is 13.8. The summed E-state index contributed by atoms with van der Waals surface area (Å²) in [6.07, 6.45) is -0.814. The molecule has 1 unspecified atom stereocenters. The van der Waals surface area contributed by atoms with Gasteiger partial charge in [0.1, 0.15) is 24.0 Å². The number of hydrogen-bond donors (Lipinski definition) is 1. The van der Waals surface area contributed by atoms with Crippen LogP contribution in [0.4, 0.5) is 13.2 Å². The van der Waals surface area contributed by atoms with E-state index in [0.29, 0.717) is 22.5 Å². The highest BCUT2D eigenvalue weighted by molar-refractivity contribution is 5.94. The summed E-state index contributed by atoms with van der Waals surface area (Å²) in [5.41, 5.74) is 5.70. The molecule has 0 spiro atoms. The second kappa shape index (κ2) is 9.84. The summed E-state index contributed by atoms with van der Waals surface area (Å²) in [7, 11) is 0. The van der Waals surface area contributed by atoms with Crippen molar-refractivity contribution >= 4 is 5.91 Å². The fraction of sp³-hybridized carbons (Fsp3) is 0.400. The molecule has 1 aromatic heterocycles. The molecule has 1 aliphatic heterocycles. The molecular weight excluding hydrogens is 477 g/mol. The smallest absolute Gasteiger partial charge is 0.399 e. The number of aromatic nitrogens is 1. The van der Waals surface area contributed by atoms with Crippen LogP contribution < -0.4 is 10.1 Å². The molecular formula is C30H31F3N2O2. The minimum atomic E-state index is -4.42. The number of alkyl halides is 3. The predicted molar refractivity (Wildman–Crippen MR) is 137 cm³/mol. The van der Waals surface area contributed by atoms with Crippen LogP contribution in [-0.2, 0) is 6.42 Å². The number of rotatable bonds is 7. The summed E-state index contributed by atoms with van der Waals surface area (Å²) in [5.74, 6) is -1.25. The third-order valence-corrected chi connectivity index (χ3v) is 7.40. The molecule has 7 heteroatoms. The number of nitrogens with zero attached hydrogens (tertiary/aromatic N) is 1. The van der Waals surface area contributed by atoms with Crippen molar-refractivity contribution < 1.29 is 22.7 Å². The summed E-state index contributed by atoms with van der Waals surface area (Å²) in [4.78, 5) is 17.6. The van der Waals surface area contributed by atoms with Crippen molar-refractivity contribution in [3.63, 3.8) is 0 Å². The van der Waals surface area contributed by atoms with Gasteiger partial charge in [-0.25, -0.2) is 4.98 Å². The Hall–Kier alpha value is -3.35. The number of halogens is 3. The highest BCUT2D eigenvalue weighted by Gasteiger charge is 2.47. The number of ether oxygens (including phenoxy) is 1. The fourth-order valence-electron chi connectivity index (χ4n) is 4.82. The van der Waals surface area contributed by atoms with Crippen LogP contribution in [0, 0.1) is 19.8 Å². The zero-order valence-electron chi connectivity index (χ0n) is 21.3. The molecule has 1 aliphatic carbocycles. The topological polar surface area (TPSA) is 51.2 Å². The first-order chi connectivity index (χ1) is 17.6. The lowest BCUT2D eigenvalue weighted by molar-refractivity contribution is -0.151. The van der Waals surface area contributed by atoms with Crippen LogP contribution in [0.5, 0.6) is 5.75 Å². The first-order valence-corrected chi connectivity index (χ1v) is 12.8. The molecule has 1 fully saturated rings. The van der Waals surface area contributed by atoms with Gasteiger partial charge in [-0.05, 0) is 68.4 Å². The van der Waals surface area contributed by atoms with Gasteiger partial charge in [0.05, 0.1) is 0 Å². The maximum Gasteiger partial charge on any atom is 0.399 e. The Kier molecular flexibility index (Phi) is 6.73. The van der Waals surface area contributed by atoms with Gasteiger partial charge in [-0.2, -0.15) is 13.2 Å². The highest BCUT2D eigenvalue weighted by Crippen LogP contribution is 2.48. The zero-order valence-corrected chi connectivity index (χ0v) is 21.3. The Morgan fingerprint density at radius 3 is 2.49 bits per heavy atom. The molecule has 0 radical (unpaired) electrons. The summed E-state index contributed by atoms with van der Waals surface area (Å²) in [6, 6.07) is 14.7. The SMILES string of the molecule is Cc1ccc(-c2nc([C@H](C)CNC(=O)c3ccc(CC4CC4)c(C)c3)cc3c2OCC3C(F)(F)F)cc1. The Morgan fingerprint density at radius 1 is 1.11 bits per heavy atom. The number of hydrogen-bond acceptors (Lipinski definition) is 3. The van der Waals surface area contributed by atoms with Crippen LogP contribution in [0.1, 0.15) is 69.9 Å². The molecule has 4 nitrogen and oxygen atoms in total. The van der Waals surface area contributed by atoms with E-state index >= 15 is 0 Å². The molecule has 0 saturated heterocycles. The van der Waals surface area contributed by atoms with Crippen LogP contribution >= 0.6 is 0 Å². The largest absolute Gasteiger partial charge is 0.490 e. The number of aryl methyl sites for hydroxylation is 2. The average molecular weight is 509 g/mol. The molecule has 2 atom stereocenters. The van der Waals surface area contributed by atoms with Crippen LogP contribution in [0.2, 0.25) is 0 Å². The Morgan fingerprint density at radius 2 is 1.84 bits per heavy atom. The summed E-state index contributed by atoms with van der Waals surface area (Å²) in [6.45, 7) is 5.62. The maximum absolute atomic E-state index is 13.8. The molecule has 3 aromatic rings. The van der Waals surface area contributed by atoms with E-state index in [-0.39, 0.29) is 29.7 Å². The number of nitrogens with one attached hydrogen (secondary N) is 1. The van der Waals surface area contributed by atoms with Gasteiger partial charge in [-0.15, -0.1) is 0 Å². The average Bonchev–Trinajstić information content (AvgIpc) is 3.57. The fourth-order valence-corrected chi connectivity index (χ4v) is 4.82. The van der Waals surface area contributed by atoms with Gasteiger partial charge in [0.15, 0.2) is 0 Å². The normalized spacial score (nSPS) is 17.7. The van der Waals surface area contributed by atoms with Crippen molar-refractivity contribution in [3.8, 4) is 17.0 Å². The predicted octanol–water partition coefficient (Wildman–Crippen LogP) is 6.89. The van der Waals surface area contributed by atoms with E-state index in [4.69, 9.17) is 9.72 Å². The van der Waals surface area contributed by atoms with Gasteiger partial charge in [0, 0.05) is 34.8 Å². The number of benzene rings is 2. The van der Waals surface area contributed by atoms with Crippen molar-refractivity contribution in [2.75, 3.05) is 13.2 Å². The van der Waals surface area contributed by atoms with Crippen LogP contribution in [0.25, 0.3) is 11.3 Å². The third-order valence-electron chi connectivity index (χ3n) is 7.40. The van der Waals surface area contributed by atoms with Gasteiger partial charge < -0.3 is 10.1 Å². The molecule has 194 valence electrons. The third kappa shape index (κ3) is 5.50. The van der Waals surface area contributed by atoms with E-state index in [1.54, 1.807) is 0 Å². The van der Waals surface area contributed by atoms with Crippen molar-refractivity contribution in [1.82, 2.24) is 10.3 Å². The molecule has 1 N–H and O–H groups in total. The van der Waals surface area contributed by atoms with Gasteiger partial charge in [0.25, 0.3) is 5.91 Å². The van der Waals surface area contributed by atoms with Gasteiger partial charge >= 0.3 is 6.18 Å². The monoisotopic (exact) mass is 508 g/mol. The molecule has 2 aromatic carbocycles. The standard InChI is InChI=1S/C30H31F3N2O2/c1-17-4-8-21(9-5-17)27-28-24(25(16-37-28)30(31,32)33)14-26(35-27)19(3)15-34-29(36)23-11-10-22(18(2)12-23)13-20-6-7-20/h4-5,8-12,14,19-20,25H,6-7,13,15-16H2,1-3H3,(H,34,36)/t19-,25?/m1/s1. The van der Waals surface area contributed by atoms with Crippen LogP contribution in [-0.4, -0.2) is 30.2 Å². The first-order valence-electron chi connectivity index (χ1n) is 12.8. The molecule has 2 aliphatic rings. The zero-order chi connectivity index (χ0) is 26.3. The summed E-state index contributed by atoms with van der Waals surface area (Å²) < 4.78 is 46.9. The van der Waals surface area contributed by atoms with Gasteiger partial charge in [0.2, 0.25) is 0 Å². The van der Waals surface area contributed by atoms with Crippen molar-refractivity contribution in [2.45, 2.75) is 58.0 Å². The van der Waals surface area contributed by atoms with E-state index in [1.807, 2.05) is 63.2 Å². The van der Waals surface area contributed by atoms with Gasteiger partial charge in [-0.1, -0.05) is 42.8 Å². The first kappa shape index (κ1) is 25.3. The lowest BCUT2D eigenvalue weighted by atomic mass is 9.95. The number of carbonyl (C=O) groups is 1. The number of carbonyl (C=O) groups excluding carboxylic acids is 1. The second-order valence-electron chi connectivity index (χ2n) is 10.5. The Labute approximate surface area is 215 Å². The minimum Gasteiger partial charge on any atom is -0.490 e. The molecule has 2 heterocycles. The molecule has 0 bridgehead atoms. The molecule has 1 saturated carbocycles. The van der Waals surface area contributed by atoms with E-state index in [1.165, 1.54) is 24.5 Å². The number of pyridine rings is 1. The van der Waals surface area contributed by atoms with E-state index in [9.17, 15) is 18.0 Å². The molecule has 1 amide bonds. The van der Waals surface area contributed by atoms with Crippen molar-refractivity contribution in [3.05, 3.63) is 82.0 Å². The lowest BCUT2D eigenvalue weighted by Crippen LogP contribution is -2.28. The Bertz CT molecular complexity index is 1310. The number of fused-ring (bicyclic) bond motifs is 1. The Balaban J connectivity index is 1.37. The summed E-state index contributed by atoms with van der Waals surface area (Å²) in [5, 5.41) is 2.94.